The summed E-state index contributed by atoms with van der Waals surface area (Å²) in [5.41, 5.74) is 1.02. The highest BCUT2D eigenvalue weighted by Gasteiger charge is 2.30. The van der Waals surface area contributed by atoms with E-state index in [4.69, 9.17) is 0 Å². The number of amides is 2. The predicted octanol–water partition coefficient (Wildman–Crippen LogP) is 1.26. The minimum absolute atomic E-state index is 0.00356. The number of likely N-dealkylation sites (N-methyl/N-ethyl adjacent to an activating group) is 1. The quantitative estimate of drug-likeness (QED) is 0.793. The second-order valence-electron chi connectivity index (χ2n) is 5.52. The number of hydrogen-bond acceptors (Lipinski definition) is 3. The zero-order valence-corrected chi connectivity index (χ0v) is 13.1. The van der Waals surface area contributed by atoms with E-state index in [1.165, 1.54) is 0 Å². The number of carbonyl (C=O) groups excluding carboxylic acids is 2. The number of aryl methyl sites for hydroxylation is 1. The lowest BCUT2D eigenvalue weighted by Crippen LogP contribution is -2.42. The first kappa shape index (κ1) is 15.5. The molecule has 0 radical (unpaired) electrons. The Hall–Kier alpha value is -1.85. The molecule has 21 heavy (non-hydrogen) atoms. The first-order valence-corrected chi connectivity index (χ1v) is 7.63. The van der Waals surface area contributed by atoms with Gasteiger partial charge >= 0.3 is 0 Å². The summed E-state index contributed by atoms with van der Waals surface area (Å²) >= 11 is 0. The Morgan fingerprint density at radius 3 is 2.76 bits per heavy atom. The van der Waals surface area contributed by atoms with Crippen molar-refractivity contribution >= 4 is 11.8 Å². The van der Waals surface area contributed by atoms with Crippen LogP contribution in [0.15, 0.2) is 12.4 Å². The molecule has 2 heterocycles. The fourth-order valence-electron chi connectivity index (χ4n) is 2.63. The second-order valence-corrected chi connectivity index (χ2v) is 5.52. The second kappa shape index (κ2) is 6.74. The molecule has 1 fully saturated rings. The summed E-state index contributed by atoms with van der Waals surface area (Å²) in [5.74, 6) is 0.0922. The highest BCUT2D eigenvalue weighted by molar-refractivity contribution is 5.86. The van der Waals surface area contributed by atoms with Gasteiger partial charge in [0.15, 0.2) is 0 Å². The number of aromatic nitrogens is 2. The molecule has 0 spiro atoms. The monoisotopic (exact) mass is 292 g/mol. The molecule has 0 aliphatic carbocycles. The molecule has 0 N–H and O–H groups in total. The van der Waals surface area contributed by atoms with Gasteiger partial charge in [0.25, 0.3) is 0 Å². The van der Waals surface area contributed by atoms with Crippen LogP contribution in [0, 0.1) is 0 Å². The Labute approximate surface area is 125 Å². The van der Waals surface area contributed by atoms with Gasteiger partial charge in [-0.15, -0.1) is 0 Å². The number of carbonyl (C=O) groups is 2. The molecule has 1 aromatic rings. The summed E-state index contributed by atoms with van der Waals surface area (Å²) < 4.78 is 1.85. The maximum atomic E-state index is 12.4. The Balaban J connectivity index is 1.96. The van der Waals surface area contributed by atoms with Crippen LogP contribution in [-0.4, -0.2) is 50.5 Å². The molecular weight excluding hydrogens is 268 g/mol. The van der Waals surface area contributed by atoms with Crippen LogP contribution < -0.4 is 0 Å². The molecule has 1 aliphatic heterocycles. The van der Waals surface area contributed by atoms with Crippen LogP contribution in [0.1, 0.15) is 39.2 Å². The molecule has 6 heteroatoms. The highest BCUT2D eigenvalue weighted by atomic mass is 16.2. The Kier molecular flexibility index (Phi) is 4.98. The third-order valence-corrected chi connectivity index (χ3v) is 4.05. The Morgan fingerprint density at radius 2 is 2.24 bits per heavy atom. The maximum absolute atomic E-state index is 12.4. The highest BCUT2D eigenvalue weighted by Crippen LogP contribution is 2.18. The smallest absolute Gasteiger partial charge is 0.242 e. The molecule has 1 atom stereocenters. The molecule has 116 valence electrons. The summed E-state index contributed by atoms with van der Waals surface area (Å²) in [7, 11) is 0. The Morgan fingerprint density at radius 1 is 1.48 bits per heavy atom. The Bertz CT molecular complexity index is 512. The normalized spacial score (nSPS) is 18.3. The van der Waals surface area contributed by atoms with Crippen LogP contribution in [0.2, 0.25) is 0 Å². The first-order chi connectivity index (χ1) is 10.0. The van der Waals surface area contributed by atoms with Gasteiger partial charge in [0.2, 0.25) is 11.8 Å². The maximum Gasteiger partial charge on any atom is 0.242 e. The molecule has 0 saturated carbocycles. The van der Waals surface area contributed by atoms with E-state index >= 15 is 0 Å². The van der Waals surface area contributed by atoms with E-state index in [1.807, 2.05) is 31.6 Å². The molecule has 1 aliphatic rings. The standard InChI is InChI=1S/C15H24N4O2/c1-4-17(9-13-8-16-18(5-2)10-13)15(21)11-19-12(3)6-7-14(19)20/h8,10,12H,4-7,9,11H2,1-3H3/t12-/m0/s1. The summed E-state index contributed by atoms with van der Waals surface area (Å²) in [4.78, 5) is 27.6. The molecular formula is C15H24N4O2. The van der Waals surface area contributed by atoms with Crippen molar-refractivity contribution in [3.05, 3.63) is 18.0 Å². The van der Waals surface area contributed by atoms with Crippen molar-refractivity contribution in [3.8, 4) is 0 Å². The molecule has 2 rings (SSSR count). The largest absolute Gasteiger partial charge is 0.337 e. The van der Waals surface area contributed by atoms with Crippen LogP contribution in [0.5, 0.6) is 0 Å². The third kappa shape index (κ3) is 3.62. The minimum Gasteiger partial charge on any atom is -0.337 e. The lowest BCUT2D eigenvalue weighted by molar-refractivity contribution is -0.139. The summed E-state index contributed by atoms with van der Waals surface area (Å²) in [5, 5.41) is 4.22. The van der Waals surface area contributed by atoms with Gasteiger partial charge in [0.1, 0.15) is 0 Å². The van der Waals surface area contributed by atoms with Crippen molar-refractivity contribution < 1.29 is 9.59 Å². The third-order valence-electron chi connectivity index (χ3n) is 4.05. The van der Waals surface area contributed by atoms with Gasteiger partial charge in [-0.05, 0) is 27.2 Å². The summed E-state index contributed by atoms with van der Waals surface area (Å²) in [6.07, 6.45) is 5.16. The van der Waals surface area contributed by atoms with E-state index in [2.05, 4.69) is 5.10 Å². The van der Waals surface area contributed by atoms with Crippen LogP contribution >= 0.6 is 0 Å². The van der Waals surface area contributed by atoms with E-state index in [9.17, 15) is 9.59 Å². The first-order valence-electron chi connectivity index (χ1n) is 7.63. The van der Waals surface area contributed by atoms with E-state index in [0.29, 0.717) is 19.5 Å². The fraction of sp³-hybridized carbons (Fsp3) is 0.667. The van der Waals surface area contributed by atoms with Crippen LogP contribution in [-0.2, 0) is 22.7 Å². The topological polar surface area (TPSA) is 58.4 Å². The molecule has 1 saturated heterocycles. The van der Waals surface area contributed by atoms with Crippen molar-refractivity contribution in [3.63, 3.8) is 0 Å². The van der Waals surface area contributed by atoms with E-state index in [1.54, 1.807) is 16.0 Å². The molecule has 0 unspecified atom stereocenters. The van der Waals surface area contributed by atoms with Crippen molar-refractivity contribution in [1.29, 1.82) is 0 Å². The fourth-order valence-corrected chi connectivity index (χ4v) is 2.63. The zero-order chi connectivity index (χ0) is 15.4. The lowest BCUT2D eigenvalue weighted by atomic mass is 10.2. The SMILES string of the molecule is CCN(Cc1cnn(CC)c1)C(=O)CN1C(=O)CC[C@@H]1C. The van der Waals surface area contributed by atoms with Gasteiger partial charge < -0.3 is 9.80 Å². The average Bonchev–Trinajstić information content (AvgIpc) is 3.06. The van der Waals surface area contributed by atoms with Gasteiger partial charge in [-0.25, -0.2) is 0 Å². The van der Waals surface area contributed by atoms with Gasteiger partial charge in [0, 0.05) is 43.9 Å². The van der Waals surface area contributed by atoms with Crippen molar-refractivity contribution in [2.75, 3.05) is 13.1 Å². The molecule has 2 amide bonds. The predicted molar refractivity (Wildman–Crippen MR) is 79.4 cm³/mol. The minimum atomic E-state index is 0.00356. The van der Waals surface area contributed by atoms with Crippen molar-refractivity contribution in [1.82, 2.24) is 19.6 Å². The number of hydrogen-bond donors (Lipinski definition) is 0. The summed E-state index contributed by atoms with van der Waals surface area (Å²) in [6.45, 7) is 8.17. The molecule has 6 nitrogen and oxygen atoms in total. The number of nitrogens with zero attached hydrogens (tertiary/aromatic N) is 4. The number of likely N-dealkylation sites (tertiary alicyclic amines) is 1. The van der Waals surface area contributed by atoms with Gasteiger partial charge in [-0.2, -0.15) is 5.10 Å². The average molecular weight is 292 g/mol. The van der Waals surface area contributed by atoms with Crippen LogP contribution in [0.3, 0.4) is 0 Å². The zero-order valence-electron chi connectivity index (χ0n) is 13.1. The van der Waals surface area contributed by atoms with Gasteiger partial charge in [-0.1, -0.05) is 0 Å². The van der Waals surface area contributed by atoms with E-state index < -0.39 is 0 Å². The van der Waals surface area contributed by atoms with Crippen molar-refractivity contribution in [2.45, 2.75) is 52.7 Å². The van der Waals surface area contributed by atoms with Crippen LogP contribution in [0.4, 0.5) is 0 Å². The molecule has 0 aromatic carbocycles. The van der Waals surface area contributed by atoms with Crippen LogP contribution in [0.25, 0.3) is 0 Å². The van der Waals surface area contributed by atoms with Gasteiger partial charge in [0.05, 0.1) is 12.7 Å². The molecule has 1 aromatic heterocycles. The van der Waals surface area contributed by atoms with Crippen molar-refractivity contribution in [2.24, 2.45) is 0 Å². The molecule has 0 bridgehead atoms. The number of rotatable bonds is 6. The lowest BCUT2D eigenvalue weighted by Gasteiger charge is -2.26. The summed E-state index contributed by atoms with van der Waals surface area (Å²) in [6, 6.07) is 0.169. The van der Waals surface area contributed by atoms with E-state index in [0.717, 1.165) is 18.5 Å². The van der Waals surface area contributed by atoms with Gasteiger partial charge in [-0.3, -0.25) is 14.3 Å². The van der Waals surface area contributed by atoms with E-state index in [-0.39, 0.29) is 24.4 Å².